The Labute approximate surface area is 219 Å². The van der Waals surface area contributed by atoms with Crippen molar-refractivity contribution < 1.29 is 44.1 Å². The summed E-state index contributed by atoms with van der Waals surface area (Å²) in [5.41, 5.74) is 16.3. The molecule has 0 aromatic carbocycles. The van der Waals surface area contributed by atoms with Crippen molar-refractivity contribution in [3.8, 4) is 0 Å². The number of hydrogen-bond acceptors (Lipinski definition) is 8. The van der Waals surface area contributed by atoms with E-state index in [4.69, 9.17) is 27.4 Å². The number of nitrogens with two attached hydrogens (primary N) is 3. The van der Waals surface area contributed by atoms with Gasteiger partial charge in [-0.15, -0.1) is 0 Å². The van der Waals surface area contributed by atoms with Crippen LogP contribution >= 0.6 is 0 Å². The molecule has 16 nitrogen and oxygen atoms in total. The first-order chi connectivity index (χ1) is 17.6. The Balaban J connectivity index is 5.51. The summed E-state index contributed by atoms with van der Waals surface area (Å²) in [6.07, 6.45) is -1.06. The van der Waals surface area contributed by atoms with Gasteiger partial charge >= 0.3 is 17.9 Å². The first kappa shape index (κ1) is 34.0. The van der Waals surface area contributed by atoms with Crippen LogP contribution in [0.5, 0.6) is 0 Å². The fraction of sp³-hybridized carbons (Fsp3) is 0.682. The summed E-state index contributed by atoms with van der Waals surface area (Å²) in [5.74, 6) is -6.65. The van der Waals surface area contributed by atoms with Crippen LogP contribution in [0.4, 0.5) is 0 Å². The number of aliphatic imine (C=N–C) groups is 1. The molecule has 4 atom stereocenters. The number of amides is 3. The zero-order chi connectivity index (χ0) is 29.4. The van der Waals surface area contributed by atoms with Crippen molar-refractivity contribution in [3.63, 3.8) is 0 Å². The highest BCUT2D eigenvalue weighted by atomic mass is 16.4. The van der Waals surface area contributed by atoms with Crippen LogP contribution in [0.25, 0.3) is 0 Å². The fourth-order valence-corrected chi connectivity index (χ4v) is 3.24. The second kappa shape index (κ2) is 17.5. The number of carboxylic acids is 3. The number of aliphatic carboxylic acids is 3. The average Bonchev–Trinajstić information content (AvgIpc) is 2.80. The molecule has 4 unspecified atom stereocenters. The highest BCUT2D eigenvalue weighted by Gasteiger charge is 2.31. The lowest BCUT2D eigenvalue weighted by Crippen LogP contribution is -2.57. The first-order valence-corrected chi connectivity index (χ1v) is 12.0. The van der Waals surface area contributed by atoms with E-state index < -0.39 is 72.6 Å². The van der Waals surface area contributed by atoms with Crippen LogP contribution in [-0.4, -0.2) is 87.6 Å². The third-order valence-corrected chi connectivity index (χ3v) is 5.19. The summed E-state index contributed by atoms with van der Waals surface area (Å²) < 4.78 is 0. The Morgan fingerprint density at radius 3 is 1.68 bits per heavy atom. The summed E-state index contributed by atoms with van der Waals surface area (Å²) in [7, 11) is 0. The Bertz CT molecular complexity index is 875. The van der Waals surface area contributed by atoms with Gasteiger partial charge in [-0.05, 0) is 38.0 Å². The Kier molecular flexibility index (Phi) is 15.7. The minimum absolute atomic E-state index is 0.0761. The molecule has 16 heteroatoms. The fourth-order valence-electron chi connectivity index (χ4n) is 3.24. The van der Waals surface area contributed by atoms with E-state index in [1.807, 2.05) is 0 Å². The predicted molar refractivity (Wildman–Crippen MR) is 135 cm³/mol. The highest BCUT2D eigenvalue weighted by molar-refractivity contribution is 5.94. The van der Waals surface area contributed by atoms with E-state index in [0.717, 1.165) is 0 Å². The smallest absolute Gasteiger partial charge is 0.326 e. The van der Waals surface area contributed by atoms with Gasteiger partial charge in [0.2, 0.25) is 17.7 Å². The molecule has 0 rings (SSSR count). The summed E-state index contributed by atoms with van der Waals surface area (Å²) >= 11 is 0. The number of rotatable bonds is 19. The molecular formula is C22H39N7O9. The van der Waals surface area contributed by atoms with Gasteiger partial charge in [0.25, 0.3) is 0 Å². The maximum Gasteiger partial charge on any atom is 0.326 e. The number of carbonyl (C=O) groups excluding carboxylic acids is 3. The molecule has 0 aromatic heterocycles. The van der Waals surface area contributed by atoms with E-state index >= 15 is 0 Å². The molecular weight excluding hydrogens is 506 g/mol. The van der Waals surface area contributed by atoms with Gasteiger partial charge in [0.05, 0.1) is 6.04 Å². The van der Waals surface area contributed by atoms with Crippen molar-refractivity contribution in [3.05, 3.63) is 0 Å². The van der Waals surface area contributed by atoms with Crippen LogP contribution in [0.1, 0.15) is 58.8 Å². The zero-order valence-electron chi connectivity index (χ0n) is 21.5. The normalized spacial score (nSPS) is 13.9. The van der Waals surface area contributed by atoms with Crippen molar-refractivity contribution in [1.29, 1.82) is 0 Å². The first-order valence-electron chi connectivity index (χ1n) is 12.0. The van der Waals surface area contributed by atoms with Gasteiger partial charge in [0, 0.05) is 19.4 Å². The van der Waals surface area contributed by atoms with Crippen molar-refractivity contribution >= 4 is 41.6 Å². The number of guanidine groups is 1. The number of carboxylic acid groups (broad SMARTS) is 3. The van der Waals surface area contributed by atoms with Crippen LogP contribution < -0.4 is 33.2 Å². The van der Waals surface area contributed by atoms with Crippen LogP contribution in [0.3, 0.4) is 0 Å². The molecule has 0 aliphatic rings. The molecule has 0 fully saturated rings. The molecule has 0 aromatic rings. The maximum atomic E-state index is 13.0. The van der Waals surface area contributed by atoms with E-state index in [-0.39, 0.29) is 44.1 Å². The standard InChI is InChI=1S/C22H39N7O9/c1-11(2)10-15(20(36)28-14(21(37)38)6-8-17(32)33)29-19(35)13(5-7-16(30)31)27-18(34)12(23)4-3-9-26-22(24)25/h11-15H,3-10,23H2,1-2H3,(H,27,34)(H,28,36)(H,29,35)(H,30,31)(H,32,33)(H,37,38)(H4,24,25,26). The Morgan fingerprint density at radius 2 is 1.21 bits per heavy atom. The topological polar surface area (TPSA) is 290 Å². The van der Waals surface area contributed by atoms with Crippen LogP contribution in [0.2, 0.25) is 0 Å². The number of nitrogens with one attached hydrogen (secondary N) is 3. The lowest BCUT2D eigenvalue weighted by molar-refractivity contribution is -0.143. The number of carbonyl (C=O) groups is 6. The van der Waals surface area contributed by atoms with Gasteiger partial charge in [-0.3, -0.25) is 29.0 Å². The van der Waals surface area contributed by atoms with Gasteiger partial charge in [-0.1, -0.05) is 13.8 Å². The van der Waals surface area contributed by atoms with Crippen molar-refractivity contribution in [2.45, 2.75) is 83.0 Å². The minimum atomic E-state index is -1.51. The molecule has 0 heterocycles. The van der Waals surface area contributed by atoms with Gasteiger partial charge in [-0.2, -0.15) is 0 Å². The molecule has 38 heavy (non-hydrogen) atoms. The van der Waals surface area contributed by atoms with E-state index in [0.29, 0.717) is 6.42 Å². The van der Waals surface area contributed by atoms with Crippen LogP contribution in [-0.2, 0) is 28.8 Å². The molecule has 0 saturated heterocycles. The Morgan fingerprint density at radius 1 is 0.737 bits per heavy atom. The Hall–Kier alpha value is -3.95. The van der Waals surface area contributed by atoms with Crippen molar-refractivity contribution in [1.82, 2.24) is 16.0 Å². The summed E-state index contributed by atoms with van der Waals surface area (Å²) in [6, 6.07) is -5.16. The average molecular weight is 546 g/mol. The number of nitrogens with zero attached hydrogens (tertiary/aromatic N) is 1. The largest absolute Gasteiger partial charge is 0.481 e. The second-order valence-corrected chi connectivity index (χ2v) is 9.07. The summed E-state index contributed by atoms with van der Waals surface area (Å²) in [4.78, 5) is 75.5. The molecule has 0 bridgehead atoms. The zero-order valence-corrected chi connectivity index (χ0v) is 21.5. The van der Waals surface area contributed by atoms with E-state index in [2.05, 4.69) is 20.9 Å². The lowest BCUT2D eigenvalue weighted by Gasteiger charge is -2.26. The molecule has 3 amide bonds. The monoisotopic (exact) mass is 545 g/mol. The van der Waals surface area contributed by atoms with E-state index in [1.54, 1.807) is 13.8 Å². The van der Waals surface area contributed by atoms with E-state index in [9.17, 15) is 33.9 Å². The molecule has 0 aliphatic carbocycles. The van der Waals surface area contributed by atoms with Gasteiger partial charge in [0.1, 0.15) is 18.1 Å². The molecule has 0 aliphatic heterocycles. The predicted octanol–water partition coefficient (Wildman–Crippen LogP) is -2.32. The quantitative estimate of drug-likeness (QED) is 0.0469. The maximum absolute atomic E-state index is 13.0. The van der Waals surface area contributed by atoms with Crippen molar-refractivity contribution in [2.75, 3.05) is 6.54 Å². The van der Waals surface area contributed by atoms with E-state index in [1.165, 1.54) is 0 Å². The second-order valence-electron chi connectivity index (χ2n) is 9.07. The lowest BCUT2D eigenvalue weighted by atomic mass is 10.0. The molecule has 0 radical (unpaired) electrons. The minimum Gasteiger partial charge on any atom is -0.481 e. The third-order valence-electron chi connectivity index (χ3n) is 5.19. The third kappa shape index (κ3) is 15.2. The van der Waals surface area contributed by atoms with Gasteiger partial charge in [0.15, 0.2) is 5.96 Å². The van der Waals surface area contributed by atoms with Crippen molar-refractivity contribution in [2.24, 2.45) is 28.1 Å². The molecule has 0 spiro atoms. The summed E-state index contributed by atoms with van der Waals surface area (Å²) in [5, 5.41) is 34.2. The van der Waals surface area contributed by atoms with Crippen LogP contribution in [0, 0.1) is 5.92 Å². The molecule has 12 N–H and O–H groups in total. The number of hydrogen-bond donors (Lipinski definition) is 9. The van der Waals surface area contributed by atoms with Crippen LogP contribution in [0.15, 0.2) is 4.99 Å². The van der Waals surface area contributed by atoms with Gasteiger partial charge < -0.3 is 48.5 Å². The SMILES string of the molecule is CC(C)CC(NC(=O)C(CCC(=O)O)NC(=O)C(N)CCCN=C(N)N)C(=O)NC(CCC(=O)O)C(=O)O. The van der Waals surface area contributed by atoms with Gasteiger partial charge in [-0.25, -0.2) is 4.79 Å². The summed E-state index contributed by atoms with van der Waals surface area (Å²) in [6.45, 7) is 3.72. The molecule has 0 saturated carbocycles. The molecule has 216 valence electrons. The highest BCUT2D eigenvalue weighted by Crippen LogP contribution is 2.09.